The second kappa shape index (κ2) is 7.77. The summed E-state index contributed by atoms with van der Waals surface area (Å²) in [5.74, 6) is 0.728. The number of hydrogen-bond acceptors (Lipinski definition) is 4. The number of nitro groups is 1. The molecule has 1 heterocycles. The molecule has 1 aliphatic carbocycles. The molecular weight excluding hydrogens is 308 g/mol. The van der Waals surface area contributed by atoms with E-state index in [9.17, 15) is 14.9 Å². The van der Waals surface area contributed by atoms with Crippen LogP contribution in [0.4, 0.5) is 5.69 Å². The number of carbonyl (C=O) groups is 1. The van der Waals surface area contributed by atoms with Crippen LogP contribution in [-0.4, -0.2) is 26.7 Å². The number of rotatable bonds is 7. The van der Waals surface area contributed by atoms with Gasteiger partial charge in [-0.25, -0.2) is 0 Å². The molecule has 2 rings (SSSR count). The lowest BCUT2D eigenvalue weighted by Crippen LogP contribution is -2.40. The lowest BCUT2D eigenvalue weighted by atomic mass is 9.69. The molecule has 0 radical (unpaired) electrons. The fraction of sp³-hybridized carbons (Fsp3) is 0.765. The molecule has 1 saturated carbocycles. The molecule has 1 aromatic rings. The van der Waals surface area contributed by atoms with Crippen molar-refractivity contribution < 1.29 is 9.72 Å². The Kier molecular flexibility index (Phi) is 5.96. The summed E-state index contributed by atoms with van der Waals surface area (Å²) >= 11 is 0. The number of nitrogens with zero attached hydrogens (tertiary/aromatic N) is 3. The van der Waals surface area contributed by atoms with Gasteiger partial charge in [-0.2, -0.15) is 5.10 Å². The van der Waals surface area contributed by atoms with E-state index in [0.717, 1.165) is 31.6 Å². The van der Waals surface area contributed by atoms with Crippen LogP contribution in [0.3, 0.4) is 0 Å². The summed E-state index contributed by atoms with van der Waals surface area (Å²) in [7, 11) is 0. The van der Waals surface area contributed by atoms with Crippen molar-refractivity contribution in [3.63, 3.8) is 0 Å². The highest BCUT2D eigenvalue weighted by Crippen LogP contribution is 2.40. The van der Waals surface area contributed by atoms with Crippen LogP contribution in [0.15, 0.2) is 12.4 Å². The van der Waals surface area contributed by atoms with E-state index >= 15 is 0 Å². The Bertz CT molecular complexity index is 574. The van der Waals surface area contributed by atoms with E-state index in [0.29, 0.717) is 18.4 Å². The van der Waals surface area contributed by atoms with Crippen LogP contribution in [-0.2, 0) is 11.3 Å². The van der Waals surface area contributed by atoms with E-state index < -0.39 is 4.92 Å². The van der Waals surface area contributed by atoms with Crippen LogP contribution in [0.2, 0.25) is 0 Å². The first-order valence-electron chi connectivity index (χ1n) is 8.78. The first-order valence-corrected chi connectivity index (χ1v) is 8.78. The van der Waals surface area contributed by atoms with E-state index in [2.05, 4.69) is 31.2 Å². The highest BCUT2D eigenvalue weighted by molar-refractivity contribution is 5.76. The smallest absolute Gasteiger partial charge is 0.306 e. The van der Waals surface area contributed by atoms with Crippen molar-refractivity contribution in [2.45, 2.75) is 71.9 Å². The quantitative estimate of drug-likeness (QED) is 0.611. The van der Waals surface area contributed by atoms with Crippen molar-refractivity contribution in [1.29, 1.82) is 0 Å². The van der Waals surface area contributed by atoms with Crippen molar-refractivity contribution in [2.24, 2.45) is 11.3 Å². The van der Waals surface area contributed by atoms with Gasteiger partial charge in [-0.1, -0.05) is 27.2 Å². The Morgan fingerprint density at radius 1 is 1.42 bits per heavy atom. The predicted molar refractivity (Wildman–Crippen MR) is 91.5 cm³/mol. The van der Waals surface area contributed by atoms with Gasteiger partial charge in [0.1, 0.15) is 12.4 Å². The standard InChI is InChI=1S/C17H28N4O3/c1-4-17(2,3)13-5-7-14(8-6-13)19-16(22)9-10-20-12-15(11-18-20)21(23)24/h11-14H,4-10H2,1-3H3,(H,19,22). The van der Waals surface area contributed by atoms with Gasteiger partial charge in [-0.05, 0) is 37.0 Å². The molecule has 7 heteroatoms. The Morgan fingerprint density at radius 3 is 2.62 bits per heavy atom. The number of amides is 1. The largest absolute Gasteiger partial charge is 0.353 e. The fourth-order valence-electron chi connectivity index (χ4n) is 3.39. The van der Waals surface area contributed by atoms with E-state index in [1.165, 1.54) is 23.5 Å². The van der Waals surface area contributed by atoms with E-state index in [1.54, 1.807) is 0 Å². The van der Waals surface area contributed by atoms with E-state index in [4.69, 9.17) is 0 Å². The van der Waals surface area contributed by atoms with Gasteiger partial charge in [0.05, 0.1) is 4.92 Å². The molecule has 0 aliphatic heterocycles. The molecule has 0 spiro atoms. The molecule has 0 bridgehead atoms. The zero-order valence-corrected chi connectivity index (χ0v) is 14.8. The minimum Gasteiger partial charge on any atom is -0.353 e. The average Bonchev–Trinajstić information content (AvgIpc) is 3.03. The van der Waals surface area contributed by atoms with Gasteiger partial charge < -0.3 is 5.32 Å². The van der Waals surface area contributed by atoms with Crippen molar-refractivity contribution in [1.82, 2.24) is 15.1 Å². The third-order valence-electron chi connectivity index (χ3n) is 5.51. The molecule has 1 amide bonds. The van der Waals surface area contributed by atoms with Gasteiger partial charge in [0.15, 0.2) is 0 Å². The van der Waals surface area contributed by atoms with Crippen molar-refractivity contribution in [3.8, 4) is 0 Å². The van der Waals surface area contributed by atoms with Crippen LogP contribution >= 0.6 is 0 Å². The summed E-state index contributed by atoms with van der Waals surface area (Å²) in [5.41, 5.74) is 0.330. The fourth-order valence-corrected chi connectivity index (χ4v) is 3.39. The summed E-state index contributed by atoms with van der Waals surface area (Å²) in [6.07, 6.45) is 8.43. The van der Waals surface area contributed by atoms with Crippen LogP contribution in [0.1, 0.15) is 59.3 Å². The van der Waals surface area contributed by atoms with E-state index in [1.807, 2.05) is 0 Å². The molecule has 0 unspecified atom stereocenters. The van der Waals surface area contributed by atoms with Gasteiger partial charge in [0.2, 0.25) is 5.91 Å². The lowest BCUT2D eigenvalue weighted by Gasteiger charge is -2.39. The molecule has 0 atom stereocenters. The molecule has 24 heavy (non-hydrogen) atoms. The Hall–Kier alpha value is -1.92. The number of hydrogen-bond donors (Lipinski definition) is 1. The SMILES string of the molecule is CCC(C)(C)C1CCC(NC(=O)CCn2cc([N+](=O)[O-])cn2)CC1. The van der Waals surface area contributed by atoms with Gasteiger partial charge in [-0.15, -0.1) is 0 Å². The van der Waals surface area contributed by atoms with Crippen molar-refractivity contribution in [3.05, 3.63) is 22.5 Å². The zero-order chi connectivity index (χ0) is 17.7. The Balaban J connectivity index is 1.72. The van der Waals surface area contributed by atoms with E-state index in [-0.39, 0.29) is 17.6 Å². The lowest BCUT2D eigenvalue weighted by molar-refractivity contribution is -0.385. The maximum atomic E-state index is 12.1. The molecule has 0 aromatic carbocycles. The van der Waals surface area contributed by atoms with Gasteiger partial charge in [0.25, 0.3) is 0 Å². The van der Waals surface area contributed by atoms with Crippen LogP contribution < -0.4 is 5.32 Å². The van der Waals surface area contributed by atoms with Crippen LogP contribution in [0.25, 0.3) is 0 Å². The summed E-state index contributed by atoms with van der Waals surface area (Å²) in [6.45, 7) is 7.27. The van der Waals surface area contributed by atoms with Gasteiger partial charge in [0, 0.05) is 19.0 Å². The highest BCUT2D eigenvalue weighted by Gasteiger charge is 2.32. The molecule has 1 fully saturated rings. The van der Waals surface area contributed by atoms with Gasteiger partial charge >= 0.3 is 5.69 Å². The van der Waals surface area contributed by atoms with Crippen molar-refractivity contribution in [2.75, 3.05) is 0 Å². The number of aryl methyl sites for hydroxylation is 1. The first kappa shape index (κ1) is 18.4. The Morgan fingerprint density at radius 2 is 2.08 bits per heavy atom. The second-order valence-corrected chi connectivity index (χ2v) is 7.43. The third-order valence-corrected chi connectivity index (χ3v) is 5.51. The molecule has 0 saturated heterocycles. The predicted octanol–water partition coefficient (Wildman–Crippen LogP) is 3.29. The summed E-state index contributed by atoms with van der Waals surface area (Å²) in [6, 6.07) is 0.258. The molecule has 1 aliphatic rings. The van der Waals surface area contributed by atoms with Crippen molar-refractivity contribution >= 4 is 11.6 Å². The summed E-state index contributed by atoms with van der Waals surface area (Å²) < 4.78 is 1.44. The monoisotopic (exact) mass is 336 g/mol. The zero-order valence-electron chi connectivity index (χ0n) is 14.8. The second-order valence-electron chi connectivity index (χ2n) is 7.43. The minimum absolute atomic E-state index is 0.00800. The topological polar surface area (TPSA) is 90.1 Å². The minimum atomic E-state index is -0.486. The average molecular weight is 336 g/mol. The maximum Gasteiger partial charge on any atom is 0.306 e. The third kappa shape index (κ3) is 4.79. The summed E-state index contributed by atoms with van der Waals surface area (Å²) in [5, 5.41) is 17.6. The molecular formula is C17H28N4O3. The molecule has 1 N–H and O–H groups in total. The number of carbonyl (C=O) groups excluding carboxylic acids is 1. The Labute approximate surface area is 143 Å². The molecule has 134 valence electrons. The van der Waals surface area contributed by atoms with Crippen LogP contribution in [0, 0.1) is 21.4 Å². The normalized spacial score (nSPS) is 21.5. The summed E-state index contributed by atoms with van der Waals surface area (Å²) in [4.78, 5) is 22.2. The maximum absolute atomic E-state index is 12.1. The number of nitrogens with one attached hydrogen (secondary N) is 1. The molecule has 1 aromatic heterocycles. The highest BCUT2D eigenvalue weighted by atomic mass is 16.6. The van der Waals surface area contributed by atoms with Gasteiger partial charge in [-0.3, -0.25) is 19.6 Å². The molecule has 7 nitrogen and oxygen atoms in total. The van der Waals surface area contributed by atoms with Crippen LogP contribution in [0.5, 0.6) is 0 Å². The number of aromatic nitrogens is 2. The first-order chi connectivity index (χ1) is 11.3.